The van der Waals surface area contributed by atoms with E-state index < -0.39 is 0 Å². The van der Waals surface area contributed by atoms with E-state index in [2.05, 4.69) is 0 Å². The van der Waals surface area contributed by atoms with Crippen LogP contribution in [0.4, 0.5) is 4.39 Å². The second-order valence-electron chi connectivity index (χ2n) is 3.60. The van der Waals surface area contributed by atoms with Crippen molar-refractivity contribution in [1.82, 2.24) is 0 Å². The average Bonchev–Trinajstić information content (AvgIpc) is 2.85. The minimum absolute atomic E-state index is 0.178. The lowest BCUT2D eigenvalue weighted by Crippen LogP contribution is -2.03. The van der Waals surface area contributed by atoms with Crippen molar-refractivity contribution in [3.63, 3.8) is 0 Å². The zero-order valence-electron chi connectivity index (χ0n) is 7.51. The molecule has 0 radical (unpaired) electrons. The number of ketones is 1. The number of halogens is 1. The van der Waals surface area contributed by atoms with E-state index in [0.717, 1.165) is 18.4 Å². The topological polar surface area (TPSA) is 17.1 Å². The Balaban J connectivity index is 2.33. The smallest absolute Gasteiger partial charge is 0.166 e. The summed E-state index contributed by atoms with van der Waals surface area (Å²) in [5.41, 5.74) is 1.43. The molecule has 1 aromatic carbocycles. The first-order chi connectivity index (χ1) is 6.18. The molecule has 68 valence electrons. The lowest BCUT2D eigenvalue weighted by molar-refractivity contribution is 0.0967. The highest BCUT2D eigenvalue weighted by Crippen LogP contribution is 2.33. The van der Waals surface area contributed by atoms with E-state index in [9.17, 15) is 9.18 Å². The Morgan fingerprint density at radius 2 is 2.15 bits per heavy atom. The van der Waals surface area contributed by atoms with E-state index in [0.29, 0.717) is 5.56 Å². The van der Waals surface area contributed by atoms with Crippen LogP contribution in [0.3, 0.4) is 0 Å². The van der Waals surface area contributed by atoms with Gasteiger partial charge in [0.15, 0.2) is 5.78 Å². The molecule has 1 saturated carbocycles. The van der Waals surface area contributed by atoms with Crippen molar-refractivity contribution < 1.29 is 9.18 Å². The predicted molar refractivity (Wildman–Crippen MR) is 48.2 cm³/mol. The summed E-state index contributed by atoms with van der Waals surface area (Å²) in [7, 11) is 0. The molecule has 0 aromatic heterocycles. The Morgan fingerprint density at radius 3 is 2.69 bits per heavy atom. The Morgan fingerprint density at radius 1 is 1.46 bits per heavy atom. The van der Waals surface area contributed by atoms with Gasteiger partial charge in [0.25, 0.3) is 0 Å². The molecule has 13 heavy (non-hydrogen) atoms. The molecule has 1 nitrogen and oxygen atoms in total. The highest BCUT2D eigenvalue weighted by atomic mass is 19.1. The van der Waals surface area contributed by atoms with Gasteiger partial charge in [0.1, 0.15) is 5.82 Å². The zero-order chi connectivity index (χ0) is 9.42. The minimum Gasteiger partial charge on any atom is -0.294 e. The summed E-state index contributed by atoms with van der Waals surface area (Å²) in [6.45, 7) is 1.78. The van der Waals surface area contributed by atoms with Gasteiger partial charge in [-0.25, -0.2) is 4.39 Å². The monoisotopic (exact) mass is 178 g/mol. The number of carbonyl (C=O) groups excluding carboxylic acids is 1. The van der Waals surface area contributed by atoms with Crippen LogP contribution < -0.4 is 0 Å². The second-order valence-corrected chi connectivity index (χ2v) is 3.60. The molecule has 2 rings (SSSR count). The van der Waals surface area contributed by atoms with Gasteiger partial charge < -0.3 is 0 Å². The van der Waals surface area contributed by atoms with Crippen LogP contribution in [0.1, 0.15) is 28.8 Å². The average molecular weight is 178 g/mol. The molecule has 0 spiro atoms. The summed E-state index contributed by atoms with van der Waals surface area (Å²) >= 11 is 0. The van der Waals surface area contributed by atoms with Crippen LogP contribution >= 0.6 is 0 Å². The van der Waals surface area contributed by atoms with Crippen molar-refractivity contribution in [2.24, 2.45) is 5.92 Å². The Labute approximate surface area is 76.6 Å². The maximum atomic E-state index is 12.7. The number of carbonyl (C=O) groups is 1. The molecule has 1 aliphatic carbocycles. The standard InChI is InChI=1S/C11H11FO/c1-7-6-9(12)4-5-10(7)11(13)8-2-3-8/h4-6,8H,2-3H2,1H3. The van der Waals surface area contributed by atoms with Crippen LogP contribution in [0.25, 0.3) is 0 Å². The third-order valence-electron chi connectivity index (χ3n) is 2.40. The van der Waals surface area contributed by atoms with E-state index in [1.807, 2.05) is 0 Å². The SMILES string of the molecule is Cc1cc(F)ccc1C(=O)C1CC1. The number of rotatable bonds is 2. The molecular weight excluding hydrogens is 167 g/mol. The lowest BCUT2D eigenvalue weighted by atomic mass is 10.0. The molecule has 1 aromatic rings. The molecular formula is C11H11FO. The number of hydrogen-bond donors (Lipinski definition) is 0. The molecule has 1 aliphatic rings. The van der Waals surface area contributed by atoms with Crippen LogP contribution in [0.2, 0.25) is 0 Å². The van der Waals surface area contributed by atoms with Gasteiger partial charge in [0, 0.05) is 11.5 Å². The van der Waals surface area contributed by atoms with Gasteiger partial charge in [0.05, 0.1) is 0 Å². The van der Waals surface area contributed by atoms with E-state index in [1.54, 1.807) is 13.0 Å². The highest BCUT2D eigenvalue weighted by Gasteiger charge is 2.30. The summed E-state index contributed by atoms with van der Waals surface area (Å²) in [6.07, 6.45) is 1.99. The summed E-state index contributed by atoms with van der Waals surface area (Å²) in [5, 5.41) is 0. The molecule has 0 atom stereocenters. The van der Waals surface area contributed by atoms with Crippen LogP contribution in [-0.2, 0) is 0 Å². The maximum Gasteiger partial charge on any atom is 0.166 e. The zero-order valence-corrected chi connectivity index (χ0v) is 7.51. The van der Waals surface area contributed by atoms with Gasteiger partial charge in [-0.3, -0.25) is 4.79 Å². The summed E-state index contributed by atoms with van der Waals surface area (Å²) < 4.78 is 12.7. The summed E-state index contributed by atoms with van der Waals surface area (Å²) in [6, 6.07) is 4.35. The van der Waals surface area contributed by atoms with Crippen molar-refractivity contribution in [1.29, 1.82) is 0 Å². The van der Waals surface area contributed by atoms with E-state index in [-0.39, 0.29) is 17.5 Å². The minimum atomic E-state index is -0.273. The van der Waals surface area contributed by atoms with Crippen LogP contribution in [0.5, 0.6) is 0 Å². The fourth-order valence-electron chi connectivity index (χ4n) is 1.47. The van der Waals surface area contributed by atoms with Crippen LogP contribution in [0.15, 0.2) is 18.2 Å². The normalized spacial score (nSPS) is 15.8. The largest absolute Gasteiger partial charge is 0.294 e. The third-order valence-corrected chi connectivity index (χ3v) is 2.40. The van der Waals surface area contributed by atoms with E-state index in [1.165, 1.54) is 12.1 Å². The fourth-order valence-corrected chi connectivity index (χ4v) is 1.47. The number of Topliss-reactive ketones (excluding diaryl/α,β-unsaturated/α-hetero) is 1. The summed E-state index contributed by atoms with van der Waals surface area (Å²) in [5.74, 6) is 0.117. The first kappa shape index (κ1) is 8.42. The Bertz CT molecular complexity index is 353. The predicted octanol–water partition coefficient (Wildman–Crippen LogP) is 2.73. The Hall–Kier alpha value is -1.18. The lowest BCUT2D eigenvalue weighted by Gasteiger charge is -2.02. The number of aryl methyl sites for hydroxylation is 1. The summed E-state index contributed by atoms with van der Waals surface area (Å²) in [4.78, 5) is 11.6. The molecule has 0 bridgehead atoms. The van der Waals surface area contributed by atoms with Crippen molar-refractivity contribution >= 4 is 5.78 Å². The van der Waals surface area contributed by atoms with Gasteiger partial charge in [-0.05, 0) is 43.5 Å². The van der Waals surface area contributed by atoms with Crippen molar-refractivity contribution in [2.45, 2.75) is 19.8 Å². The van der Waals surface area contributed by atoms with Crippen molar-refractivity contribution in [3.05, 3.63) is 35.1 Å². The molecule has 0 unspecified atom stereocenters. The van der Waals surface area contributed by atoms with Crippen LogP contribution in [-0.4, -0.2) is 5.78 Å². The van der Waals surface area contributed by atoms with Gasteiger partial charge in [-0.15, -0.1) is 0 Å². The van der Waals surface area contributed by atoms with Crippen molar-refractivity contribution in [2.75, 3.05) is 0 Å². The van der Waals surface area contributed by atoms with Gasteiger partial charge in [-0.2, -0.15) is 0 Å². The number of hydrogen-bond acceptors (Lipinski definition) is 1. The van der Waals surface area contributed by atoms with Crippen LogP contribution in [0, 0.1) is 18.7 Å². The van der Waals surface area contributed by atoms with E-state index >= 15 is 0 Å². The molecule has 0 heterocycles. The van der Waals surface area contributed by atoms with Crippen molar-refractivity contribution in [3.8, 4) is 0 Å². The van der Waals surface area contributed by atoms with Gasteiger partial charge in [0.2, 0.25) is 0 Å². The Kier molecular flexibility index (Phi) is 1.91. The molecule has 0 amide bonds. The van der Waals surface area contributed by atoms with E-state index in [4.69, 9.17) is 0 Å². The third kappa shape index (κ3) is 1.62. The molecule has 1 fully saturated rings. The quantitative estimate of drug-likeness (QED) is 0.636. The highest BCUT2D eigenvalue weighted by molar-refractivity contribution is 6.00. The first-order valence-electron chi connectivity index (χ1n) is 4.49. The molecule has 0 aliphatic heterocycles. The fraction of sp³-hybridized carbons (Fsp3) is 0.364. The second kappa shape index (κ2) is 2.95. The van der Waals surface area contributed by atoms with Gasteiger partial charge >= 0.3 is 0 Å². The number of benzene rings is 1. The molecule has 2 heteroatoms. The maximum absolute atomic E-state index is 12.7. The first-order valence-corrected chi connectivity index (χ1v) is 4.49. The van der Waals surface area contributed by atoms with Gasteiger partial charge in [-0.1, -0.05) is 0 Å². The molecule has 0 saturated heterocycles. The molecule has 0 N–H and O–H groups in total.